The van der Waals surface area contributed by atoms with Crippen LogP contribution < -0.4 is 5.32 Å². The summed E-state index contributed by atoms with van der Waals surface area (Å²) in [7, 11) is 0. The molecule has 0 spiro atoms. The lowest BCUT2D eigenvalue weighted by Crippen LogP contribution is -2.38. The second-order valence-electron chi connectivity index (χ2n) is 6.15. The molecule has 0 fully saturated rings. The number of hydrogen-bond acceptors (Lipinski definition) is 2. The van der Waals surface area contributed by atoms with Crippen molar-refractivity contribution in [3.63, 3.8) is 0 Å². The highest BCUT2D eigenvalue weighted by Crippen LogP contribution is 2.24. The summed E-state index contributed by atoms with van der Waals surface area (Å²) in [4.78, 5) is 11.9. The number of hydrogen-bond donors (Lipinski definition) is 1. The fourth-order valence-corrected chi connectivity index (χ4v) is 2.41. The molecule has 2 aromatic rings. The van der Waals surface area contributed by atoms with E-state index in [1.54, 1.807) is 0 Å². The van der Waals surface area contributed by atoms with E-state index in [1.165, 1.54) is 0 Å². The van der Waals surface area contributed by atoms with Crippen molar-refractivity contribution in [2.75, 3.05) is 13.2 Å². The van der Waals surface area contributed by atoms with E-state index >= 15 is 0 Å². The lowest BCUT2D eigenvalue weighted by molar-refractivity contribution is -0.126. The van der Waals surface area contributed by atoms with Crippen molar-refractivity contribution in [1.29, 1.82) is 0 Å². The number of rotatable bonds is 7. The molecule has 0 aromatic heterocycles. The minimum atomic E-state index is -0.194. The van der Waals surface area contributed by atoms with Crippen molar-refractivity contribution < 1.29 is 9.53 Å². The molecule has 0 radical (unpaired) electrons. The van der Waals surface area contributed by atoms with E-state index in [-0.39, 0.29) is 17.9 Å². The number of ether oxygens (including phenoxy) is 1. The molecule has 1 amide bonds. The van der Waals surface area contributed by atoms with Crippen LogP contribution in [0.2, 0.25) is 5.02 Å². The molecular formula is C19H22ClNO2. The highest BCUT2D eigenvalue weighted by atomic mass is 35.5. The fraction of sp³-hybridized carbons (Fsp3) is 0.316. The number of carbonyl (C=O) groups is 1. The van der Waals surface area contributed by atoms with Crippen LogP contribution in [-0.4, -0.2) is 19.1 Å². The molecule has 0 saturated carbocycles. The van der Waals surface area contributed by atoms with E-state index < -0.39 is 0 Å². The average molecular weight is 332 g/mol. The zero-order valence-electron chi connectivity index (χ0n) is 13.5. The lowest BCUT2D eigenvalue weighted by Gasteiger charge is -2.25. The van der Waals surface area contributed by atoms with Gasteiger partial charge in [-0.3, -0.25) is 4.79 Å². The summed E-state index contributed by atoms with van der Waals surface area (Å²) >= 11 is 6.03. The van der Waals surface area contributed by atoms with Gasteiger partial charge in [-0.05, 0) is 23.3 Å². The Morgan fingerprint density at radius 3 is 2.57 bits per heavy atom. The highest BCUT2D eigenvalue weighted by Gasteiger charge is 2.21. The van der Waals surface area contributed by atoms with Crippen LogP contribution in [0.25, 0.3) is 0 Å². The predicted octanol–water partition coefficient (Wildman–Crippen LogP) is 3.95. The summed E-state index contributed by atoms with van der Waals surface area (Å²) < 4.78 is 5.44. The van der Waals surface area contributed by atoms with Gasteiger partial charge in [0.15, 0.2) is 0 Å². The van der Waals surface area contributed by atoms with Gasteiger partial charge in [0.1, 0.15) is 6.61 Å². The Labute approximate surface area is 142 Å². The minimum Gasteiger partial charge on any atom is -0.367 e. The molecule has 0 aliphatic heterocycles. The van der Waals surface area contributed by atoms with Gasteiger partial charge in [0.2, 0.25) is 5.91 Å². The van der Waals surface area contributed by atoms with Crippen LogP contribution in [-0.2, 0) is 21.6 Å². The van der Waals surface area contributed by atoms with Crippen LogP contribution >= 0.6 is 11.6 Å². The molecule has 0 saturated heterocycles. The maximum absolute atomic E-state index is 11.9. The summed E-state index contributed by atoms with van der Waals surface area (Å²) in [6.45, 7) is 5.17. The third kappa shape index (κ3) is 5.70. The molecule has 0 unspecified atom stereocenters. The maximum Gasteiger partial charge on any atom is 0.246 e. The zero-order valence-corrected chi connectivity index (χ0v) is 14.3. The van der Waals surface area contributed by atoms with Crippen LogP contribution in [0.5, 0.6) is 0 Å². The number of benzene rings is 2. The number of nitrogens with one attached hydrogen (secondary N) is 1. The standard InChI is InChI=1S/C19H22ClNO2/c1-19(2,16-9-6-10-17(20)11-16)14-21-18(22)13-23-12-15-7-4-3-5-8-15/h3-11H,12-14H2,1-2H3,(H,21,22). The van der Waals surface area contributed by atoms with Crippen molar-refractivity contribution in [3.8, 4) is 0 Å². The first kappa shape index (κ1) is 17.5. The number of halogens is 1. The van der Waals surface area contributed by atoms with Crippen molar-refractivity contribution in [1.82, 2.24) is 5.32 Å². The van der Waals surface area contributed by atoms with Gasteiger partial charge in [-0.25, -0.2) is 0 Å². The molecule has 0 aliphatic carbocycles. The van der Waals surface area contributed by atoms with Gasteiger partial charge >= 0.3 is 0 Å². The zero-order chi connectivity index (χ0) is 16.7. The van der Waals surface area contributed by atoms with Crippen LogP contribution in [0.1, 0.15) is 25.0 Å². The molecule has 0 aliphatic rings. The molecule has 1 N–H and O–H groups in total. The summed E-state index contributed by atoms with van der Waals surface area (Å²) in [6, 6.07) is 17.5. The molecule has 122 valence electrons. The smallest absolute Gasteiger partial charge is 0.246 e. The van der Waals surface area contributed by atoms with Crippen molar-refractivity contribution in [2.24, 2.45) is 0 Å². The first-order valence-electron chi connectivity index (χ1n) is 7.62. The topological polar surface area (TPSA) is 38.3 Å². The maximum atomic E-state index is 11.9. The van der Waals surface area contributed by atoms with Gasteiger partial charge in [-0.1, -0.05) is 67.9 Å². The Morgan fingerprint density at radius 2 is 1.87 bits per heavy atom. The van der Waals surface area contributed by atoms with Gasteiger partial charge < -0.3 is 10.1 Å². The lowest BCUT2D eigenvalue weighted by atomic mass is 9.84. The molecule has 0 atom stereocenters. The van der Waals surface area contributed by atoms with Crippen LogP contribution in [0.15, 0.2) is 54.6 Å². The van der Waals surface area contributed by atoms with Gasteiger partial charge in [0.05, 0.1) is 6.61 Å². The van der Waals surface area contributed by atoms with Gasteiger partial charge in [-0.15, -0.1) is 0 Å². The Hall–Kier alpha value is -1.84. The van der Waals surface area contributed by atoms with Gasteiger partial charge in [0.25, 0.3) is 0 Å². The van der Waals surface area contributed by atoms with Crippen LogP contribution in [0.3, 0.4) is 0 Å². The first-order chi connectivity index (χ1) is 11.0. The third-order valence-corrected chi connectivity index (χ3v) is 3.91. The third-order valence-electron chi connectivity index (χ3n) is 3.68. The Bertz CT molecular complexity index is 641. The minimum absolute atomic E-state index is 0.0561. The van der Waals surface area contributed by atoms with E-state index in [4.69, 9.17) is 16.3 Å². The quantitative estimate of drug-likeness (QED) is 0.834. The van der Waals surface area contributed by atoms with E-state index in [9.17, 15) is 4.79 Å². The molecule has 2 rings (SSSR count). The fourth-order valence-electron chi connectivity index (χ4n) is 2.22. The van der Waals surface area contributed by atoms with Crippen molar-refractivity contribution in [3.05, 3.63) is 70.7 Å². The van der Waals surface area contributed by atoms with Crippen LogP contribution in [0, 0.1) is 0 Å². The predicted molar refractivity (Wildman–Crippen MR) is 93.6 cm³/mol. The number of amides is 1. The van der Waals surface area contributed by atoms with E-state index in [2.05, 4.69) is 19.2 Å². The number of carbonyl (C=O) groups excluding carboxylic acids is 1. The molecule has 2 aromatic carbocycles. The van der Waals surface area contributed by atoms with E-state index in [0.717, 1.165) is 11.1 Å². The SMILES string of the molecule is CC(C)(CNC(=O)COCc1ccccc1)c1cccc(Cl)c1. The summed E-state index contributed by atoms with van der Waals surface area (Å²) in [5.74, 6) is -0.115. The average Bonchev–Trinajstić information content (AvgIpc) is 2.54. The van der Waals surface area contributed by atoms with Crippen molar-refractivity contribution >= 4 is 17.5 Å². The molecule has 0 heterocycles. The largest absolute Gasteiger partial charge is 0.367 e. The summed E-state index contributed by atoms with van der Waals surface area (Å²) in [5, 5.41) is 3.62. The van der Waals surface area contributed by atoms with E-state index in [0.29, 0.717) is 18.2 Å². The Morgan fingerprint density at radius 1 is 1.13 bits per heavy atom. The summed E-state index contributed by atoms with van der Waals surface area (Å²) in [5.41, 5.74) is 1.95. The first-order valence-corrected chi connectivity index (χ1v) is 7.99. The molecule has 0 bridgehead atoms. The van der Waals surface area contributed by atoms with Gasteiger partial charge in [0, 0.05) is 17.0 Å². The Kier molecular flexibility index (Phi) is 6.20. The van der Waals surface area contributed by atoms with Gasteiger partial charge in [-0.2, -0.15) is 0 Å². The normalized spacial score (nSPS) is 11.3. The summed E-state index contributed by atoms with van der Waals surface area (Å²) in [6.07, 6.45) is 0. The molecule has 23 heavy (non-hydrogen) atoms. The monoisotopic (exact) mass is 331 g/mol. The molecule has 3 nitrogen and oxygen atoms in total. The molecular weight excluding hydrogens is 310 g/mol. The highest BCUT2D eigenvalue weighted by molar-refractivity contribution is 6.30. The van der Waals surface area contributed by atoms with E-state index in [1.807, 2.05) is 54.6 Å². The van der Waals surface area contributed by atoms with Crippen molar-refractivity contribution in [2.45, 2.75) is 25.9 Å². The second kappa shape index (κ2) is 8.14. The Balaban J connectivity index is 1.77. The van der Waals surface area contributed by atoms with Crippen LogP contribution in [0.4, 0.5) is 0 Å². The molecule has 4 heteroatoms. The second-order valence-corrected chi connectivity index (χ2v) is 6.59.